The molecule has 0 radical (unpaired) electrons. The molecule has 2 aromatic carbocycles. The highest BCUT2D eigenvalue weighted by molar-refractivity contribution is 5.86. The lowest BCUT2D eigenvalue weighted by molar-refractivity contribution is 0.110. The molecule has 0 aliphatic carbocycles. The summed E-state index contributed by atoms with van der Waals surface area (Å²) in [5.41, 5.74) is 2.28. The minimum absolute atomic E-state index is 0.100. The van der Waals surface area contributed by atoms with Crippen LogP contribution in [0.1, 0.15) is 11.3 Å². The Morgan fingerprint density at radius 1 is 1.00 bits per heavy atom. The summed E-state index contributed by atoms with van der Waals surface area (Å²) in [4.78, 5) is 15.3. The Balaban J connectivity index is 2.08. The first-order valence-electron chi connectivity index (χ1n) is 9.60. The van der Waals surface area contributed by atoms with Crippen molar-refractivity contribution in [3.63, 3.8) is 0 Å². The number of hydrogen-bond donors (Lipinski definition) is 1. The summed E-state index contributed by atoms with van der Waals surface area (Å²) >= 11 is 0. The van der Waals surface area contributed by atoms with Gasteiger partial charge >= 0.3 is 0 Å². The Morgan fingerprint density at radius 2 is 1.66 bits per heavy atom. The number of hydrogen-bond acceptors (Lipinski definition) is 6. The Morgan fingerprint density at radius 3 is 2.28 bits per heavy atom. The maximum Gasteiger partial charge on any atom is 0.200 e. The monoisotopic (exact) mass is 397 g/mol. The van der Waals surface area contributed by atoms with Crippen LogP contribution in [-0.2, 0) is 16.0 Å². The quantitative estimate of drug-likeness (QED) is 0.595. The van der Waals surface area contributed by atoms with Crippen molar-refractivity contribution in [2.45, 2.75) is 13.5 Å². The first kappa shape index (κ1) is 21.0. The third-order valence-electron chi connectivity index (χ3n) is 4.98. The maximum absolute atomic E-state index is 13.2. The molecule has 6 heteroatoms. The number of methoxy groups -OCH3 is 2. The molecule has 0 saturated heterocycles. The van der Waals surface area contributed by atoms with Crippen molar-refractivity contribution in [1.82, 2.24) is 4.90 Å². The molecule has 154 valence electrons. The molecule has 0 aliphatic heterocycles. The van der Waals surface area contributed by atoms with Crippen molar-refractivity contribution in [2.75, 3.05) is 40.5 Å². The van der Waals surface area contributed by atoms with Crippen LogP contribution < -0.4 is 5.43 Å². The standard InChI is InChI=1S/C23H27NO5/c1-16-21(17-7-5-4-6-8-17)22(26)18-9-10-20(25)19(23(18)29-16)15-24(11-13-27-2)12-14-28-3/h4-10,25H,11-15H2,1-3H3. The van der Waals surface area contributed by atoms with Gasteiger partial charge in [0.2, 0.25) is 5.43 Å². The molecule has 0 amide bonds. The molecule has 1 heterocycles. The largest absolute Gasteiger partial charge is 0.507 e. The number of phenols is 1. The molecule has 29 heavy (non-hydrogen) atoms. The zero-order valence-electron chi connectivity index (χ0n) is 17.1. The van der Waals surface area contributed by atoms with Crippen LogP contribution >= 0.6 is 0 Å². The summed E-state index contributed by atoms with van der Waals surface area (Å²) in [6.45, 7) is 4.64. The second-order valence-corrected chi connectivity index (χ2v) is 6.93. The van der Waals surface area contributed by atoms with Gasteiger partial charge in [-0.2, -0.15) is 0 Å². The lowest BCUT2D eigenvalue weighted by atomic mass is 10.0. The zero-order chi connectivity index (χ0) is 20.8. The van der Waals surface area contributed by atoms with E-state index in [1.54, 1.807) is 33.3 Å². The summed E-state index contributed by atoms with van der Waals surface area (Å²) in [6, 6.07) is 12.7. The van der Waals surface area contributed by atoms with Gasteiger partial charge in [0.05, 0.1) is 29.7 Å². The number of fused-ring (bicyclic) bond motifs is 1. The molecule has 6 nitrogen and oxygen atoms in total. The number of aromatic hydroxyl groups is 1. The van der Waals surface area contributed by atoms with Crippen molar-refractivity contribution in [3.8, 4) is 16.9 Å². The van der Waals surface area contributed by atoms with Crippen LogP contribution in [0, 0.1) is 6.92 Å². The first-order valence-corrected chi connectivity index (χ1v) is 9.60. The van der Waals surface area contributed by atoms with Crippen LogP contribution in [-0.4, -0.2) is 50.5 Å². The minimum Gasteiger partial charge on any atom is -0.507 e. The highest BCUT2D eigenvalue weighted by atomic mass is 16.5. The SMILES string of the molecule is COCCN(CCOC)Cc1c(O)ccc2c(=O)c(-c3ccccc3)c(C)oc12. The number of rotatable bonds is 9. The van der Waals surface area contributed by atoms with Crippen molar-refractivity contribution >= 4 is 11.0 Å². The first-order chi connectivity index (χ1) is 14.1. The van der Waals surface area contributed by atoms with E-state index in [0.717, 1.165) is 5.56 Å². The maximum atomic E-state index is 13.2. The van der Waals surface area contributed by atoms with Crippen molar-refractivity contribution in [2.24, 2.45) is 0 Å². The van der Waals surface area contributed by atoms with E-state index < -0.39 is 0 Å². The highest BCUT2D eigenvalue weighted by Crippen LogP contribution is 2.31. The van der Waals surface area contributed by atoms with Crippen LogP contribution in [0.3, 0.4) is 0 Å². The molecule has 0 aliphatic rings. The molecule has 1 N–H and O–H groups in total. The minimum atomic E-state index is -0.100. The molecular formula is C23H27NO5. The van der Waals surface area contributed by atoms with Gasteiger partial charge in [-0.3, -0.25) is 9.69 Å². The van der Waals surface area contributed by atoms with Crippen LogP contribution in [0.5, 0.6) is 5.75 Å². The van der Waals surface area contributed by atoms with Gasteiger partial charge in [0, 0.05) is 33.9 Å². The van der Waals surface area contributed by atoms with E-state index in [2.05, 4.69) is 4.90 Å². The molecule has 3 aromatic rings. The topological polar surface area (TPSA) is 72.1 Å². The van der Waals surface area contributed by atoms with Gasteiger partial charge in [-0.25, -0.2) is 0 Å². The average molecular weight is 397 g/mol. The Hall–Kier alpha value is -2.67. The van der Waals surface area contributed by atoms with E-state index >= 15 is 0 Å². The summed E-state index contributed by atoms with van der Waals surface area (Å²) < 4.78 is 16.5. The van der Waals surface area contributed by atoms with Gasteiger partial charge in [-0.05, 0) is 24.6 Å². The Bertz CT molecular complexity index is 1010. The third-order valence-corrected chi connectivity index (χ3v) is 4.98. The van der Waals surface area contributed by atoms with Gasteiger partial charge in [0.25, 0.3) is 0 Å². The highest BCUT2D eigenvalue weighted by Gasteiger charge is 2.19. The van der Waals surface area contributed by atoms with Crippen LogP contribution in [0.15, 0.2) is 51.7 Å². The van der Waals surface area contributed by atoms with Crippen molar-refractivity contribution in [3.05, 3.63) is 64.0 Å². The zero-order valence-corrected chi connectivity index (χ0v) is 17.1. The van der Waals surface area contributed by atoms with Crippen LogP contribution in [0.4, 0.5) is 0 Å². The predicted octanol–water partition coefficient (Wildman–Crippen LogP) is 3.57. The number of nitrogens with zero attached hydrogens (tertiary/aromatic N) is 1. The fourth-order valence-corrected chi connectivity index (χ4v) is 3.44. The van der Waals surface area contributed by atoms with Crippen LogP contribution in [0.2, 0.25) is 0 Å². The summed E-state index contributed by atoms with van der Waals surface area (Å²) in [5.74, 6) is 0.633. The van der Waals surface area contributed by atoms with Crippen LogP contribution in [0.25, 0.3) is 22.1 Å². The Labute approximate surface area is 170 Å². The van der Waals surface area contributed by atoms with Gasteiger partial charge < -0.3 is 19.0 Å². The lowest BCUT2D eigenvalue weighted by Crippen LogP contribution is -2.30. The van der Waals surface area contributed by atoms with E-state index in [1.807, 2.05) is 30.3 Å². The second-order valence-electron chi connectivity index (χ2n) is 6.93. The third kappa shape index (κ3) is 4.67. The van der Waals surface area contributed by atoms with E-state index in [9.17, 15) is 9.90 Å². The molecule has 1 aromatic heterocycles. The van der Waals surface area contributed by atoms with Crippen molar-refractivity contribution in [1.29, 1.82) is 0 Å². The number of benzene rings is 2. The normalized spacial score (nSPS) is 11.4. The molecular weight excluding hydrogens is 370 g/mol. The summed E-state index contributed by atoms with van der Waals surface area (Å²) in [5, 5.41) is 11.0. The fourth-order valence-electron chi connectivity index (χ4n) is 3.44. The predicted molar refractivity (Wildman–Crippen MR) is 113 cm³/mol. The molecule has 0 spiro atoms. The molecule has 0 atom stereocenters. The Kier molecular flexibility index (Phi) is 7.04. The van der Waals surface area contributed by atoms with Gasteiger partial charge in [-0.1, -0.05) is 30.3 Å². The van der Waals surface area contributed by atoms with E-state index in [-0.39, 0.29) is 11.2 Å². The fraction of sp³-hybridized carbons (Fsp3) is 0.348. The molecule has 3 rings (SSSR count). The van der Waals surface area contributed by atoms with Gasteiger partial charge in [-0.15, -0.1) is 0 Å². The van der Waals surface area contributed by atoms with Gasteiger partial charge in [0.1, 0.15) is 17.1 Å². The summed E-state index contributed by atoms with van der Waals surface area (Å²) in [7, 11) is 3.30. The number of ether oxygens (including phenoxy) is 2. The average Bonchev–Trinajstić information content (AvgIpc) is 2.72. The molecule has 0 unspecified atom stereocenters. The van der Waals surface area contributed by atoms with E-state index in [4.69, 9.17) is 13.9 Å². The van der Waals surface area contributed by atoms with Crippen molar-refractivity contribution < 1.29 is 19.0 Å². The molecule has 0 fully saturated rings. The smallest absolute Gasteiger partial charge is 0.200 e. The van der Waals surface area contributed by atoms with Gasteiger partial charge in [0.15, 0.2) is 0 Å². The van der Waals surface area contributed by atoms with E-state index in [0.29, 0.717) is 60.7 Å². The molecule has 0 bridgehead atoms. The van der Waals surface area contributed by atoms with E-state index in [1.165, 1.54) is 0 Å². The summed E-state index contributed by atoms with van der Waals surface area (Å²) in [6.07, 6.45) is 0. The second kappa shape index (κ2) is 9.69. The lowest BCUT2D eigenvalue weighted by Gasteiger charge is -2.22. The molecule has 0 saturated carbocycles. The number of phenolic OH excluding ortho intramolecular Hbond substituents is 1. The number of aryl methyl sites for hydroxylation is 1.